The Bertz CT molecular complexity index is 1220. The molecule has 2 amide bonds. The normalized spacial score (nSPS) is 14.3. The molecular weight excluding hydrogens is 603 g/mol. The quantitative estimate of drug-likeness (QED) is 0.236. The first-order valence-electron chi connectivity index (χ1n) is 12.8. The maximum Gasteiger partial charge on any atom is 0.243 e. The second kappa shape index (κ2) is 14.4. The first kappa shape index (κ1) is 29.0. The fourth-order valence-electron chi connectivity index (χ4n) is 4.75. The average molecular weight is 634 g/mol. The van der Waals surface area contributed by atoms with Crippen molar-refractivity contribution in [3.05, 3.63) is 104 Å². The molecule has 1 fully saturated rings. The summed E-state index contributed by atoms with van der Waals surface area (Å²) in [6.07, 6.45) is 4.66. The molecule has 0 radical (unpaired) electrons. The maximum atomic E-state index is 13.8. The third-order valence-electron chi connectivity index (χ3n) is 6.75. The zero-order chi connectivity index (χ0) is 26.9. The Hall–Kier alpha value is -1.99. The number of thioether (sulfide) groups is 1. The fourth-order valence-corrected chi connectivity index (χ4v) is 6.84. The number of halogens is 3. The second-order valence-electron chi connectivity index (χ2n) is 9.54. The van der Waals surface area contributed by atoms with Crippen LogP contribution in [0.25, 0.3) is 0 Å². The summed E-state index contributed by atoms with van der Waals surface area (Å²) in [4.78, 5) is 29.3. The molecule has 1 atom stereocenters. The van der Waals surface area contributed by atoms with Gasteiger partial charge in [-0.3, -0.25) is 9.59 Å². The maximum absolute atomic E-state index is 13.8. The Labute approximate surface area is 247 Å². The van der Waals surface area contributed by atoms with Gasteiger partial charge in [0.25, 0.3) is 0 Å². The van der Waals surface area contributed by atoms with E-state index in [1.807, 2.05) is 54.6 Å². The molecule has 0 bridgehead atoms. The summed E-state index contributed by atoms with van der Waals surface area (Å²) in [5, 5.41) is 4.41. The lowest BCUT2D eigenvalue weighted by atomic mass is 10.0. The molecule has 3 aromatic rings. The van der Waals surface area contributed by atoms with E-state index in [0.717, 1.165) is 46.8 Å². The number of benzene rings is 3. The first-order chi connectivity index (χ1) is 18.4. The highest BCUT2D eigenvalue weighted by Gasteiger charge is 2.32. The van der Waals surface area contributed by atoms with Gasteiger partial charge in [0, 0.05) is 39.3 Å². The molecule has 0 unspecified atom stereocenters. The zero-order valence-corrected chi connectivity index (χ0v) is 25.0. The number of rotatable bonds is 11. The Balaban J connectivity index is 1.58. The molecule has 38 heavy (non-hydrogen) atoms. The number of carbonyl (C=O) groups is 2. The lowest BCUT2D eigenvalue weighted by molar-refractivity contribution is -0.139. The Morgan fingerprint density at radius 2 is 1.61 bits per heavy atom. The summed E-state index contributed by atoms with van der Waals surface area (Å²) in [6.45, 7) is 0.335. The van der Waals surface area contributed by atoms with Gasteiger partial charge in [-0.15, -0.1) is 11.8 Å². The molecule has 1 aliphatic rings. The molecule has 8 heteroatoms. The van der Waals surface area contributed by atoms with E-state index in [2.05, 4.69) is 21.2 Å². The minimum absolute atomic E-state index is 0.0942. The molecule has 0 saturated heterocycles. The molecule has 0 spiro atoms. The van der Waals surface area contributed by atoms with Gasteiger partial charge in [-0.05, 0) is 53.8 Å². The van der Waals surface area contributed by atoms with E-state index < -0.39 is 6.04 Å². The van der Waals surface area contributed by atoms with Gasteiger partial charge < -0.3 is 10.2 Å². The Morgan fingerprint density at radius 3 is 2.29 bits per heavy atom. The largest absolute Gasteiger partial charge is 0.352 e. The van der Waals surface area contributed by atoms with Crippen LogP contribution in [-0.4, -0.2) is 34.6 Å². The minimum Gasteiger partial charge on any atom is -0.352 e. The van der Waals surface area contributed by atoms with E-state index in [0.29, 0.717) is 28.8 Å². The van der Waals surface area contributed by atoms with Crippen LogP contribution in [0, 0.1) is 0 Å². The summed E-state index contributed by atoms with van der Waals surface area (Å²) in [7, 11) is 0. The lowest BCUT2D eigenvalue weighted by Gasteiger charge is -2.32. The Morgan fingerprint density at radius 1 is 0.947 bits per heavy atom. The molecule has 1 aliphatic carbocycles. The summed E-state index contributed by atoms with van der Waals surface area (Å²) in [6, 6.07) is 22.7. The van der Waals surface area contributed by atoms with Crippen LogP contribution in [0.2, 0.25) is 10.0 Å². The molecule has 0 aliphatic heterocycles. The van der Waals surface area contributed by atoms with Gasteiger partial charge in [0.15, 0.2) is 0 Å². The number of nitrogens with zero attached hydrogens (tertiary/aromatic N) is 1. The van der Waals surface area contributed by atoms with Crippen LogP contribution in [0.1, 0.15) is 42.4 Å². The van der Waals surface area contributed by atoms with Gasteiger partial charge in [-0.1, -0.05) is 101 Å². The smallest absolute Gasteiger partial charge is 0.243 e. The zero-order valence-electron chi connectivity index (χ0n) is 21.0. The molecule has 4 nitrogen and oxygen atoms in total. The molecule has 0 heterocycles. The molecule has 4 rings (SSSR count). The number of carbonyl (C=O) groups excluding carboxylic acids is 2. The van der Waals surface area contributed by atoms with E-state index in [9.17, 15) is 9.59 Å². The van der Waals surface area contributed by atoms with E-state index in [1.54, 1.807) is 23.1 Å². The molecule has 1 N–H and O–H groups in total. The van der Waals surface area contributed by atoms with Gasteiger partial charge in [0.1, 0.15) is 6.04 Å². The summed E-state index contributed by atoms with van der Waals surface area (Å²) in [5.74, 6) is 0.522. The molecular formula is C30H31BrCl2N2O2S. The van der Waals surface area contributed by atoms with Crippen LogP contribution < -0.4 is 5.32 Å². The summed E-state index contributed by atoms with van der Waals surface area (Å²) in [5.41, 5.74) is 2.78. The van der Waals surface area contributed by atoms with E-state index in [1.165, 1.54) is 11.8 Å². The lowest BCUT2D eigenvalue weighted by Crippen LogP contribution is -2.52. The molecule has 0 aromatic heterocycles. The van der Waals surface area contributed by atoms with E-state index in [4.69, 9.17) is 23.2 Å². The van der Waals surface area contributed by atoms with Crippen LogP contribution in [0.4, 0.5) is 0 Å². The predicted octanol–water partition coefficient (Wildman–Crippen LogP) is 7.69. The van der Waals surface area contributed by atoms with Crippen molar-refractivity contribution in [3.8, 4) is 0 Å². The monoisotopic (exact) mass is 632 g/mol. The SMILES string of the molecule is O=C(NC1CCCC1)[C@H](Cc1ccccc1)N(Cc1cccc(Br)c1)C(=O)CSCc1c(Cl)cccc1Cl. The van der Waals surface area contributed by atoms with Gasteiger partial charge >= 0.3 is 0 Å². The van der Waals surface area contributed by atoms with Gasteiger partial charge in [0.05, 0.1) is 5.75 Å². The highest BCUT2D eigenvalue weighted by molar-refractivity contribution is 9.10. The van der Waals surface area contributed by atoms with Crippen molar-refractivity contribution in [1.29, 1.82) is 0 Å². The van der Waals surface area contributed by atoms with Crippen molar-refractivity contribution < 1.29 is 9.59 Å². The number of hydrogen-bond donors (Lipinski definition) is 1. The predicted molar refractivity (Wildman–Crippen MR) is 162 cm³/mol. The number of hydrogen-bond acceptors (Lipinski definition) is 3. The van der Waals surface area contributed by atoms with Crippen LogP contribution in [-0.2, 0) is 28.3 Å². The molecule has 200 valence electrons. The van der Waals surface area contributed by atoms with Crippen molar-refractivity contribution in [3.63, 3.8) is 0 Å². The first-order valence-corrected chi connectivity index (χ1v) is 15.5. The third-order valence-corrected chi connectivity index (χ3v) is 8.89. The van der Waals surface area contributed by atoms with Crippen molar-refractivity contribution >= 4 is 62.7 Å². The average Bonchev–Trinajstić information content (AvgIpc) is 3.41. The van der Waals surface area contributed by atoms with Gasteiger partial charge in [-0.25, -0.2) is 0 Å². The van der Waals surface area contributed by atoms with Crippen molar-refractivity contribution in [2.75, 3.05) is 5.75 Å². The number of nitrogens with one attached hydrogen (secondary N) is 1. The van der Waals surface area contributed by atoms with Crippen molar-refractivity contribution in [1.82, 2.24) is 10.2 Å². The van der Waals surface area contributed by atoms with Crippen LogP contribution in [0.15, 0.2) is 77.3 Å². The van der Waals surface area contributed by atoms with Crippen molar-refractivity contribution in [2.24, 2.45) is 0 Å². The Kier molecular flexibility index (Phi) is 11.0. The van der Waals surface area contributed by atoms with E-state index >= 15 is 0 Å². The highest BCUT2D eigenvalue weighted by atomic mass is 79.9. The summed E-state index contributed by atoms with van der Waals surface area (Å²) < 4.78 is 0.931. The second-order valence-corrected chi connectivity index (χ2v) is 12.3. The van der Waals surface area contributed by atoms with Crippen molar-refractivity contribution in [2.45, 2.75) is 56.5 Å². The van der Waals surface area contributed by atoms with Gasteiger partial charge in [-0.2, -0.15) is 0 Å². The van der Waals surface area contributed by atoms with Crippen LogP contribution in [0.3, 0.4) is 0 Å². The van der Waals surface area contributed by atoms with E-state index in [-0.39, 0.29) is 23.6 Å². The fraction of sp³-hybridized carbons (Fsp3) is 0.333. The molecule has 1 saturated carbocycles. The van der Waals surface area contributed by atoms with Crippen LogP contribution >= 0.6 is 50.9 Å². The third kappa shape index (κ3) is 8.25. The molecule has 3 aromatic carbocycles. The standard InChI is InChI=1S/C30H31BrCl2N2O2S/c31-23-11-6-10-22(16-23)18-35(29(36)20-38-19-25-26(32)14-7-15-27(25)33)28(17-21-8-2-1-3-9-21)30(37)34-24-12-4-5-13-24/h1-3,6-11,14-16,24,28H,4-5,12-13,17-20H2,(H,34,37)/t28-/m0/s1. The topological polar surface area (TPSA) is 49.4 Å². The highest BCUT2D eigenvalue weighted by Crippen LogP contribution is 2.29. The van der Waals surface area contributed by atoms with Crippen LogP contribution in [0.5, 0.6) is 0 Å². The van der Waals surface area contributed by atoms with Gasteiger partial charge in [0.2, 0.25) is 11.8 Å². The summed E-state index contributed by atoms with van der Waals surface area (Å²) >= 11 is 17.7. The minimum atomic E-state index is -0.631. The number of amides is 2.